The lowest BCUT2D eigenvalue weighted by molar-refractivity contribution is -0.119. The molecule has 0 aliphatic heterocycles. The van der Waals surface area contributed by atoms with Crippen LogP contribution in [0.4, 0.5) is 0 Å². The minimum Gasteiger partial charge on any atom is -0.354 e. The van der Waals surface area contributed by atoms with Gasteiger partial charge in [-0.3, -0.25) is 4.79 Å². The third-order valence-corrected chi connectivity index (χ3v) is 3.16. The van der Waals surface area contributed by atoms with Crippen LogP contribution in [0, 0.1) is 11.3 Å². The zero-order chi connectivity index (χ0) is 10.8. The van der Waals surface area contributed by atoms with Crippen LogP contribution in [0.3, 0.4) is 0 Å². The molecular formula is C12H23NO. The van der Waals surface area contributed by atoms with Crippen molar-refractivity contribution in [2.45, 2.75) is 59.4 Å². The van der Waals surface area contributed by atoms with E-state index in [2.05, 4.69) is 26.1 Å². The summed E-state index contributed by atoms with van der Waals surface area (Å²) in [6.45, 7) is 8.57. The molecule has 0 bridgehead atoms. The standard InChI is InChI=1S/C12H23NO/c1-9-7-11(13-10(2)14)5-6-12(3,4)8-9/h9,11H,5-8H2,1-4H3,(H,13,14). The maximum Gasteiger partial charge on any atom is 0.217 e. The molecule has 2 atom stereocenters. The van der Waals surface area contributed by atoms with Crippen molar-refractivity contribution in [2.24, 2.45) is 11.3 Å². The highest BCUT2D eigenvalue weighted by Gasteiger charge is 2.28. The fourth-order valence-electron chi connectivity index (χ4n) is 2.72. The summed E-state index contributed by atoms with van der Waals surface area (Å²) >= 11 is 0. The van der Waals surface area contributed by atoms with Crippen molar-refractivity contribution in [1.82, 2.24) is 5.32 Å². The van der Waals surface area contributed by atoms with Crippen molar-refractivity contribution < 1.29 is 4.79 Å². The zero-order valence-electron chi connectivity index (χ0n) is 9.89. The van der Waals surface area contributed by atoms with Crippen molar-refractivity contribution in [3.05, 3.63) is 0 Å². The van der Waals surface area contributed by atoms with Gasteiger partial charge in [0.25, 0.3) is 0 Å². The van der Waals surface area contributed by atoms with Crippen LogP contribution >= 0.6 is 0 Å². The minimum absolute atomic E-state index is 0.113. The maximum absolute atomic E-state index is 11.0. The van der Waals surface area contributed by atoms with Gasteiger partial charge in [-0.2, -0.15) is 0 Å². The molecule has 0 aromatic rings. The first-order valence-corrected chi connectivity index (χ1v) is 5.66. The molecule has 2 nitrogen and oxygen atoms in total. The van der Waals surface area contributed by atoms with E-state index in [-0.39, 0.29) is 5.91 Å². The van der Waals surface area contributed by atoms with Gasteiger partial charge in [0, 0.05) is 13.0 Å². The van der Waals surface area contributed by atoms with Crippen LogP contribution in [-0.2, 0) is 4.79 Å². The van der Waals surface area contributed by atoms with E-state index in [1.54, 1.807) is 6.92 Å². The van der Waals surface area contributed by atoms with E-state index in [1.165, 1.54) is 12.8 Å². The fraction of sp³-hybridized carbons (Fsp3) is 0.917. The molecule has 0 spiro atoms. The third-order valence-electron chi connectivity index (χ3n) is 3.16. The Labute approximate surface area is 87.5 Å². The molecule has 0 saturated heterocycles. The van der Waals surface area contributed by atoms with Gasteiger partial charge in [-0.15, -0.1) is 0 Å². The average molecular weight is 197 g/mol. The second-order valence-corrected chi connectivity index (χ2v) is 5.65. The first-order valence-electron chi connectivity index (χ1n) is 5.66. The molecule has 1 amide bonds. The lowest BCUT2D eigenvalue weighted by Gasteiger charge is -2.24. The molecule has 0 aromatic heterocycles. The number of hydrogen-bond donors (Lipinski definition) is 1. The van der Waals surface area contributed by atoms with Gasteiger partial charge < -0.3 is 5.32 Å². The molecule has 1 fully saturated rings. The van der Waals surface area contributed by atoms with E-state index < -0.39 is 0 Å². The summed E-state index contributed by atoms with van der Waals surface area (Å²) in [5, 5.41) is 3.05. The molecule has 2 heteroatoms. The number of carbonyl (C=O) groups is 1. The highest BCUT2D eigenvalue weighted by atomic mass is 16.1. The number of amides is 1. The maximum atomic E-state index is 11.0. The fourth-order valence-corrected chi connectivity index (χ4v) is 2.72. The molecule has 2 unspecified atom stereocenters. The van der Waals surface area contributed by atoms with E-state index in [4.69, 9.17) is 0 Å². The predicted molar refractivity (Wildman–Crippen MR) is 59.0 cm³/mol. The monoisotopic (exact) mass is 197 g/mol. The Hall–Kier alpha value is -0.530. The highest BCUT2D eigenvalue weighted by Crippen LogP contribution is 2.36. The molecule has 0 heterocycles. The molecule has 1 saturated carbocycles. The van der Waals surface area contributed by atoms with Crippen LogP contribution in [0.25, 0.3) is 0 Å². The molecule has 0 radical (unpaired) electrons. The lowest BCUT2D eigenvalue weighted by Crippen LogP contribution is -2.33. The second-order valence-electron chi connectivity index (χ2n) is 5.65. The molecule has 1 aliphatic rings. The molecule has 1 aliphatic carbocycles. The summed E-state index contributed by atoms with van der Waals surface area (Å²) in [6.07, 6.45) is 4.78. The van der Waals surface area contributed by atoms with Crippen LogP contribution in [0.1, 0.15) is 53.4 Å². The molecular weight excluding hydrogens is 174 g/mol. The van der Waals surface area contributed by atoms with Gasteiger partial charge in [-0.05, 0) is 37.0 Å². The predicted octanol–water partition coefficient (Wildman–Crippen LogP) is 2.73. The Kier molecular flexibility index (Phi) is 3.57. The number of hydrogen-bond acceptors (Lipinski definition) is 1. The summed E-state index contributed by atoms with van der Waals surface area (Å²) in [6, 6.07) is 0.407. The average Bonchev–Trinajstić information content (AvgIpc) is 2.08. The van der Waals surface area contributed by atoms with E-state index in [0.29, 0.717) is 11.5 Å². The summed E-state index contributed by atoms with van der Waals surface area (Å²) in [4.78, 5) is 11.0. The van der Waals surface area contributed by atoms with Crippen LogP contribution in [0.15, 0.2) is 0 Å². The summed E-state index contributed by atoms with van der Waals surface area (Å²) in [7, 11) is 0. The number of carbonyl (C=O) groups excluding carboxylic acids is 1. The molecule has 1 N–H and O–H groups in total. The van der Waals surface area contributed by atoms with E-state index in [0.717, 1.165) is 18.8 Å². The van der Waals surface area contributed by atoms with Gasteiger partial charge in [0.05, 0.1) is 0 Å². The first-order chi connectivity index (χ1) is 6.39. The van der Waals surface area contributed by atoms with Crippen LogP contribution in [0.5, 0.6) is 0 Å². The van der Waals surface area contributed by atoms with Gasteiger partial charge in [-0.25, -0.2) is 0 Å². The SMILES string of the molecule is CC(=O)NC1CCC(C)(C)CC(C)C1. The smallest absolute Gasteiger partial charge is 0.217 e. The lowest BCUT2D eigenvalue weighted by atomic mass is 9.82. The summed E-state index contributed by atoms with van der Waals surface area (Å²) < 4.78 is 0. The normalized spacial score (nSPS) is 32.0. The quantitative estimate of drug-likeness (QED) is 0.643. The highest BCUT2D eigenvalue weighted by molar-refractivity contribution is 5.73. The Morgan fingerprint density at radius 1 is 1.43 bits per heavy atom. The Morgan fingerprint density at radius 3 is 2.64 bits per heavy atom. The third kappa shape index (κ3) is 3.69. The van der Waals surface area contributed by atoms with Gasteiger partial charge in [0.2, 0.25) is 5.91 Å². The van der Waals surface area contributed by atoms with Gasteiger partial charge in [0.1, 0.15) is 0 Å². The van der Waals surface area contributed by atoms with Crippen molar-refractivity contribution in [3.8, 4) is 0 Å². The largest absolute Gasteiger partial charge is 0.354 e. The minimum atomic E-state index is 0.113. The van der Waals surface area contributed by atoms with Crippen LogP contribution in [-0.4, -0.2) is 11.9 Å². The van der Waals surface area contributed by atoms with Gasteiger partial charge >= 0.3 is 0 Å². The first kappa shape index (κ1) is 11.5. The van der Waals surface area contributed by atoms with Crippen LogP contribution < -0.4 is 5.32 Å². The Bertz CT molecular complexity index is 210. The molecule has 0 aromatic carbocycles. The van der Waals surface area contributed by atoms with Gasteiger partial charge in [0.15, 0.2) is 0 Å². The Balaban J connectivity index is 2.53. The molecule has 82 valence electrons. The zero-order valence-corrected chi connectivity index (χ0v) is 9.89. The van der Waals surface area contributed by atoms with Gasteiger partial charge in [-0.1, -0.05) is 20.8 Å². The van der Waals surface area contributed by atoms with Crippen LogP contribution in [0.2, 0.25) is 0 Å². The summed E-state index contributed by atoms with van der Waals surface area (Å²) in [5.41, 5.74) is 0.451. The van der Waals surface area contributed by atoms with E-state index in [1.807, 2.05) is 0 Å². The molecule has 14 heavy (non-hydrogen) atoms. The molecule has 1 rings (SSSR count). The van der Waals surface area contributed by atoms with Crippen molar-refractivity contribution in [3.63, 3.8) is 0 Å². The topological polar surface area (TPSA) is 29.1 Å². The van der Waals surface area contributed by atoms with E-state index in [9.17, 15) is 4.79 Å². The van der Waals surface area contributed by atoms with Crippen molar-refractivity contribution >= 4 is 5.91 Å². The van der Waals surface area contributed by atoms with E-state index >= 15 is 0 Å². The Morgan fingerprint density at radius 2 is 2.07 bits per heavy atom. The van der Waals surface area contributed by atoms with Crippen molar-refractivity contribution in [1.29, 1.82) is 0 Å². The number of nitrogens with one attached hydrogen (secondary N) is 1. The van der Waals surface area contributed by atoms with Crippen molar-refractivity contribution in [2.75, 3.05) is 0 Å². The number of rotatable bonds is 1. The second kappa shape index (κ2) is 4.33. The summed E-state index contributed by atoms with van der Waals surface area (Å²) in [5.74, 6) is 0.839.